The van der Waals surface area contributed by atoms with Gasteiger partial charge >= 0.3 is 6.03 Å². The summed E-state index contributed by atoms with van der Waals surface area (Å²) in [5, 5.41) is 2.64. The number of carbonyl (C=O) groups excluding carboxylic acids is 3. The van der Waals surface area contributed by atoms with E-state index in [2.05, 4.69) is 5.32 Å². The first-order valence-electron chi connectivity index (χ1n) is 7.04. The van der Waals surface area contributed by atoms with Crippen molar-refractivity contribution in [2.75, 3.05) is 18.0 Å². The normalized spacial score (nSPS) is 21.6. The zero-order chi connectivity index (χ0) is 15.1. The van der Waals surface area contributed by atoms with Gasteiger partial charge in [-0.25, -0.2) is 9.69 Å². The van der Waals surface area contributed by atoms with Gasteiger partial charge < -0.3 is 10.2 Å². The van der Waals surface area contributed by atoms with E-state index in [4.69, 9.17) is 0 Å². The van der Waals surface area contributed by atoms with E-state index in [0.29, 0.717) is 5.69 Å². The van der Waals surface area contributed by atoms with Gasteiger partial charge in [-0.15, -0.1) is 0 Å². The number of hydrogen-bond donors (Lipinski definition) is 1. The van der Waals surface area contributed by atoms with Crippen molar-refractivity contribution in [2.45, 2.75) is 26.3 Å². The van der Waals surface area contributed by atoms with Gasteiger partial charge in [0.1, 0.15) is 12.6 Å². The van der Waals surface area contributed by atoms with Crippen LogP contribution < -0.4 is 10.2 Å². The number of para-hydroxylation sites is 1. The zero-order valence-corrected chi connectivity index (χ0v) is 12.0. The summed E-state index contributed by atoms with van der Waals surface area (Å²) >= 11 is 0. The predicted molar refractivity (Wildman–Crippen MR) is 76.9 cm³/mol. The van der Waals surface area contributed by atoms with Gasteiger partial charge in [0.05, 0.1) is 5.69 Å². The Bertz CT molecular complexity index is 641. The van der Waals surface area contributed by atoms with Crippen LogP contribution in [0.1, 0.15) is 18.1 Å². The summed E-state index contributed by atoms with van der Waals surface area (Å²) in [5.41, 5.74) is 2.50. The van der Waals surface area contributed by atoms with Gasteiger partial charge in [0, 0.05) is 6.54 Å². The number of anilines is 1. The summed E-state index contributed by atoms with van der Waals surface area (Å²) in [6, 6.07) is 4.74. The molecule has 4 amide bonds. The summed E-state index contributed by atoms with van der Waals surface area (Å²) < 4.78 is 0. The summed E-state index contributed by atoms with van der Waals surface area (Å²) in [5.74, 6) is -0.487. The molecule has 2 fully saturated rings. The fourth-order valence-corrected chi connectivity index (χ4v) is 2.97. The molecule has 0 spiro atoms. The minimum atomic E-state index is -0.584. The van der Waals surface area contributed by atoms with Gasteiger partial charge in [-0.2, -0.15) is 0 Å². The molecule has 1 aromatic carbocycles. The Morgan fingerprint density at radius 2 is 2.05 bits per heavy atom. The number of piperazine rings is 1. The zero-order valence-electron chi connectivity index (χ0n) is 12.0. The maximum absolute atomic E-state index is 12.6. The average Bonchev–Trinajstić information content (AvgIpc) is 2.70. The Kier molecular flexibility index (Phi) is 3.16. The van der Waals surface area contributed by atoms with E-state index in [-0.39, 0.29) is 24.9 Å². The fraction of sp³-hybridized carbons (Fsp3) is 0.400. The van der Waals surface area contributed by atoms with Gasteiger partial charge in [-0.3, -0.25) is 9.59 Å². The number of nitrogens with zero attached hydrogens (tertiary/aromatic N) is 2. The molecule has 0 bridgehead atoms. The monoisotopic (exact) mass is 287 g/mol. The maximum atomic E-state index is 12.6. The Morgan fingerprint density at radius 1 is 1.29 bits per heavy atom. The molecule has 1 N–H and O–H groups in total. The van der Waals surface area contributed by atoms with Crippen LogP contribution in [0, 0.1) is 6.92 Å². The molecule has 1 aromatic rings. The van der Waals surface area contributed by atoms with Gasteiger partial charge in [0.25, 0.3) is 5.91 Å². The van der Waals surface area contributed by atoms with Crippen molar-refractivity contribution in [3.63, 3.8) is 0 Å². The van der Waals surface area contributed by atoms with Crippen LogP contribution >= 0.6 is 0 Å². The lowest BCUT2D eigenvalue weighted by Gasteiger charge is -2.26. The molecule has 2 saturated heterocycles. The van der Waals surface area contributed by atoms with Crippen LogP contribution in [0.2, 0.25) is 0 Å². The van der Waals surface area contributed by atoms with Gasteiger partial charge in [0.15, 0.2) is 0 Å². The highest BCUT2D eigenvalue weighted by Gasteiger charge is 2.49. The van der Waals surface area contributed by atoms with Crippen molar-refractivity contribution in [3.8, 4) is 0 Å². The van der Waals surface area contributed by atoms with Crippen LogP contribution in [0.25, 0.3) is 0 Å². The second-order valence-corrected chi connectivity index (χ2v) is 5.34. The van der Waals surface area contributed by atoms with Crippen molar-refractivity contribution < 1.29 is 14.4 Å². The number of benzene rings is 1. The highest BCUT2D eigenvalue weighted by molar-refractivity contribution is 6.23. The van der Waals surface area contributed by atoms with Crippen LogP contribution in [0.3, 0.4) is 0 Å². The lowest BCUT2D eigenvalue weighted by Crippen LogP contribution is -2.54. The number of fused-ring (bicyclic) bond motifs is 1. The first kappa shape index (κ1) is 13.6. The molecule has 0 saturated carbocycles. The Balaban J connectivity index is 2.06. The lowest BCUT2D eigenvalue weighted by molar-refractivity contribution is -0.126. The Labute approximate surface area is 122 Å². The van der Waals surface area contributed by atoms with E-state index in [1.165, 1.54) is 9.80 Å². The summed E-state index contributed by atoms with van der Waals surface area (Å²) in [4.78, 5) is 39.2. The highest BCUT2D eigenvalue weighted by Crippen LogP contribution is 2.32. The van der Waals surface area contributed by atoms with Gasteiger partial charge in [0.2, 0.25) is 5.91 Å². The van der Waals surface area contributed by atoms with E-state index >= 15 is 0 Å². The standard InChI is InChI=1S/C15H17N3O3/c1-3-10-6-4-5-9(2)13(10)18-14(20)11-7-16-12(19)8-17(11)15(18)21/h4-6,11H,3,7-8H2,1-2H3,(H,16,19). The third-order valence-electron chi connectivity index (χ3n) is 4.05. The first-order valence-corrected chi connectivity index (χ1v) is 7.04. The molecule has 0 aromatic heterocycles. The molecular weight excluding hydrogens is 270 g/mol. The molecule has 6 heteroatoms. The molecule has 3 rings (SSSR count). The maximum Gasteiger partial charge on any atom is 0.332 e. The van der Waals surface area contributed by atoms with Crippen molar-refractivity contribution in [2.24, 2.45) is 0 Å². The highest BCUT2D eigenvalue weighted by atomic mass is 16.2. The van der Waals surface area contributed by atoms with Crippen LogP contribution in [0.4, 0.5) is 10.5 Å². The Hall–Kier alpha value is -2.37. The van der Waals surface area contributed by atoms with Crippen LogP contribution in [0.5, 0.6) is 0 Å². The topological polar surface area (TPSA) is 69.7 Å². The van der Waals surface area contributed by atoms with Crippen LogP contribution in [0.15, 0.2) is 18.2 Å². The van der Waals surface area contributed by atoms with E-state index in [9.17, 15) is 14.4 Å². The van der Waals surface area contributed by atoms with Crippen molar-refractivity contribution >= 4 is 23.5 Å². The number of amides is 4. The molecule has 2 aliphatic heterocycles. The molecule has 0 aliphatic carbocycles. The second-order valence-electron chi connectivity index (χ2n) is 5.34. The number of imide groups is 1. The minimum Gasteiger partial charge on any atom is -0.352 e. The number of nitrogens with one attached hydrogen (secondary N) is 1. The second kappa shape index (κ2) is 4.87. The van der Waals surface area contributed by atoms with E-state index < -0.39 is 12.1 Å². The molecule has 0 radical (unpaired) electrons. The van der Waals surface area contributed by atoms with E-state index in [1.54, 1.807) is 0 Å². The quantitative estimate of drug-likeness (QED) is 0.819. The third-order valence-corrected chi connectivity index (χ3v) is 4.05. The van der Waals surface area contributed by atoms with E-state index in [1.807, 2.05) is 32.0 Å². The van der Waals surface area contributed by atoms with Crippen molar-refractivity contribution in [1.82, 2.24) is 10.2 Å². The predicted octanol–water partition coefficient (Wildman–Crippen LogP) is 0.824. The van der Waals surface area contributed by atoms with Crippen molar-refractivity contribution in [3.05, 3.63) is 29.3 Å². The molecule has 21 heavy (non-hydrogen) atoms. The number of urea groups is 1. The Morgan fingerprint density at radius 3 is 2.76 bits per heavy atom. The molecule has 2 heterocycles. The van der Waals surface area contributed by atoms with Crippen molar-refractivity contribution in [1.29, 1.82) is 0 Å². The SMILES string of the molecule is CCc1cccc(C)c1N1C(=O)C2CNC(=O)CN2C1=O. The van der Waals surface area contributed by atoms with Crippen LogP contribution in [-0.4, -0.2) is 41.9 Å². The molecule has 110 valence electrons. The van der Waals surface area contributed by atoms with E-state index in [0.717, 1.165) is 17.5 Å². The smallest absolute Gasteiger partial charge is 0.332 e. The first-order chi connectivity index (χ1) is 10.0. The van der Waals surface area contributed by atoms with Gasteiger partial charge in [-0.1, -0.05) is 25.1 Å². The number of carbonyl (C=O) groups is 3. The lowest BCUT2D eigenvalue weighted by atomic mass is 10.0. The largest absolute Gasteiger partial charge is 0.352 e. The molecule has 6 nitrogen and oxygen atoms in total. The average molecular weight is 287 g/mol. The molecular formula is C15H17N3O3. The summed E-state index contributed by atoms with van der Waals surface area (Å²) in [6.07, 6.45) is 0.732. The number of rotatable bonds is 2. The minimum absolute atomic E-state index is 0.0565. The molecule has 1 atom stereocenters. The fourth-order valence-electron chi connectivity index (χ4n) is 2.97. The van der Waals surface area contributed by atoms with Gasteiger partial charge in [-0.05, 0) is 24.5 Å². The molecule has 2 aliphatic rings. The summed E-state index contributed by atoms with van der Waals surface area (Å²) in [6.45, 7) is 4.00. The summed E-state index contributed by atoms with van der Waals surface area (Å²) in [7, 11) is 0. The third kappa shape index (κ3) is 1.98. The number of hydrogen-bond acceptors (Lipinski definition) is 3. The van der Waals surface area contributed by atoms with Crippen LogP contribution in [-0.2, 0) is 16.0 Å². The molecule has 1 unspecified atom stereocenters. The number of aryl methyl sites for hydroxylation is 2.